The molecule has 6 nitrogen and oxygen atoms in total. The van der Waals surface area contributed by atoms with Crippen LogP contribution in [0, 0.1) is 0 Å². The Balaban J connectivity index is 2.90. The smallest absolute Gasteiger partial charge is 0.244 e. The van der Waals surface area contributed by atoms with Crippen molar-refractivity contribution in [3.05, 3.63) is 23.2 Å². The zero-order valence-corrected chi connectivity index (χ0v) is 14.4. The van der Waals surface area contributed by atoms with E-state index in [0.29, 0.717) is 24.0 Å². The van der Waals surface area contributed by atoms with Gasteiger partial charge in [0.15, 0.2) is 5.11 Å². The molecule has 0 atom stereocenters. The van der Waals surface area contributed by atoms with E-state index >= 15 is 0 Å². The van der Waals surface area contributed by atoms with Gasteiger partial charge in [0.1, 0.15) is 4.90 Å². The number of thiocarbonyl (C=S) groups is 1. The summed E-state index contributed by atoms with van der Waals surface area (Å²) in [6.07, 6.45) is 0. The van der Waals surface area contributed by atoms with Crippen LogP contribution in [0.5, 0.6) is 0 Å². The molecular weight excluding hydrogens is 334 g/mol. The first-order valence-corrected chi connectivity index (χ1v) is 8.27. The summed E-state index contributed by atoms with van der Waals surface area (Å²) in [6, 6.07) is 4.61. The zero-order valence-electron chi connectivity index (χ0n) is 12.0. The fourth-order valence-electron chi connectivity index (χ4n) is 1.42. The Kier molecular flexibility index (Phi) is 6.82. The highest BCUT2D eigenvalue weighted by Gasteiger charge is 2.21. The van der Waals surface area contributed by atoms with E-state index in [-0.39, 0.29) is 9.92 Å². The van der Waals surface area contributed by atoms with Gasteiger partial charge in [-0.05, 0) is 30.4 Å². The number of sulfonamides is 1. The maximum atomic E-state index is 12.2. The second kappa shape index (κ2) is 7.90. The van der Waals surface area contributed by atoms with Crippen LogP contribution in [0.2, 0.25) is 5.02 Å². The van der Waals surface area contributed by atoms with Gasteiger partial charge in [-0.25, -0.2) is 12.7 Å². The molecule has 0 aliphatic carbocycles. The molecule has 0 aliphatic rings. The molecule has 0 amide bonds. The van der Waals surface area contributed by atoms with Crippen molar-refractivity contribution in [2.45, 2.75) is 4.90 Å². The summed E-state index contributed by atoms with van der Waals surface area (Å²) in [5.41, 5.74) is 0.537. The predicted molar refractivity (Wildman–Crippen MR) is 88.4 cm³/mol. The van der Waals surface area contributed by atoms with Gasteiger partial charge in [0.25, 0.3) is 0 Å². The summed E-state index contributed by atoms with van der Waals surface area (Å²) < 4.78 is 30.3. The van der Waals surface area contributed by atoms with Crippen molar-refractivity contribution >= 4 is 44.6 Å². The van der Waals surface area contributed by atoms with Crippen LogP contribution >= 0.6 is 23.8 Å². The summed E-state index contributed by atoms with van der Waals surface area (Å²) in [5.74, 6) is 0. The van der Waals surface area contributed by atoms with Crippen LogP contribution in [0.4, 0.5) is 5.69 Å². The number of hydrogen-bond acceptors (Lipinski definition) is 4. The quantitative estimate of drug-likeness (QED) is 0.598. The highest BCUT2D eigenvalue weighted by Crippen LogP contribution is 2.26. The Labute approximate surface area is 135 Å². The van der Waals surface area contributed by atoms with Crippen molar-refractivity contribution < 1.29 is 13.2 Å². The molecule has 118 valence electrons. The van der Waals surface area contributed by atoms with Crippen LogP contribution in [-0.4, -0.2) is 52.2 Å². The molecule has 0 aromatic heterocycles. The molecule has 0 radical (unpaired) electrons. The number of rotatable bonds is 6. The fraction of sp³-hybridized carbons (Fsp3) is 0.417. The van der Waals surface area contributed by atoms with E-state index in [1.807, 2.05) is 0 Å². The lowest BCUT2D eigenvalue weighted by Crippen LogP contribution is -2.31. The number of ether oxygens (including phenoxy) is 1. The standard InChI is InChI=1S/C12H18ClN3O3S2/c1-16(2)21(17,18)11-8-9(4-5-10(11)13)15-12(20)14-6-7-19-3/h4-5,8H,6-7H2,1-3H3,(H2,14,15,20). The van der Waals surface area contributed by atoms with Crippen LogP contribution in [0.15, 0.2) is 23.1 Å². The van der Waals surface area contributed by atoms with Gasteiger partial charge in [-0.1, -0.05) is 11.6 Å². The maximum absolute atomic E-state index is 12.2. The fourth-order valence-corrected chi connectivity index (χ4v) is 3.03. The van der Waals surface area contributed by atoms with Gasteiger partial charge in [0.05, 0.1) is 11.6 Å². The van der Waals surface area contributed by atoms with E-state index in [2.05, 4.69) is 10.6 Å². The summed E-state index contributed by atoms with van der Waals surface area (Å²) in [5, 5.41) is 6.37. The van der Waals surface area contributed by atoms with Gasteiger partial charge in [0, 0.05) is 33.4 Å². The minimum absolute atomic E-state index is 0.0267. The number of anilines is 1. The van der Waals surface area contributed by atoms with Crippen molar-refractivity contribution in [3.63, 3.8) is 0 Å². The monoisotopic (exact) mass is 351 g/mol. The zero-order chi connectivity index (χ0) is 16.0. The topological polar surface area (TPSA) is 70.7 Å². The number of methoxy groups -OCH3 is 1. The molecule has 0 saturated carbocycles. The average Bonchev–Trinajstić information content (AvgIpc) is 2.41. The van der Waals surface area contributed by atoms with E-state index in [0.717, 1.165) is 4.31 Å². The molecule has 0 spiro atoms. The predicted octanol–water partition coefficient (Wildman–Crippen LogP) is 1.52. The highest BCUT2D eigenvalue weighted by atomic mass is 35.5. The van der Waals surface area contributed by atoms with E-state index in [9.17, 15) is 8.42 Å². The van der Waals surface area contributed by atoms with Gasteiger partial charge in [-0.3, -0.25) is 0 Å². The molecule has 1 rings (SSSR count). The number of nitrogens with one attached hydrogen (secondary N) is 2. The molecule has 2 N–H and O–H groups in total. The summed E-state index contributed by atoms with van der Waals surface area (Å²) >= 11 is 11.1. The van der Waals surface area contributed by atoms with Crippen molar-refractivity contribution in [3.8, 4) is 0 Å². The lowest BCUT2D eigenvalue weighted by atomic mass is 10.3. The number of halogens is 1. The second-order valence-corrected chi connectivity index (χ2v) is 7.24. The first kappa shape index (κ1) is 18.1. The first-order chi connectivity index (χ1) is 9.78. The SMILES string of the molecule is COCCNC(=S)Nc1ccc(Cl)c(S(=O)(=O)N(C)C)c1. The molecule has 0 fully saturated rings. The third-order valence-electron chi connectivity index (χ3n) is 2.54. The van der Waals surface area contributed by atoms with Crippen LogP contribution in [0.1, 0.15) is 0 Å². The Bertz CT molecular complexity index is 606. The minimum Gasteiger partial charge on any atom is -0.383 e. The number of nitrogens with zero attached hydrogens (tertiary/aromatic N) is 1. The molecule has 0 saturated heterocycles. The van der Waals surface area contributed by atoms with E-state index < -0.39 is 10.0 Å². The molecule has 1 aromatic carbocycles. The molecule has 21 heavy (non-hydrogen) atoms. The molecule has 0 heterocycles. The Morgan fingerprint density at radius 3 is 2.67 bits per heavy atom. The van der Waals surface area contributed by atoms with Gasteiger partial charge in [-0.15, -0.1) is 0 Å². The Morgan fingerprint density at radius 2 is 2.10 bits per heavy atom. The molecule has 9 heteroatoms. The molecular formula is C12H18ClN3O3S2. The van der Waals surface area contributed by atoms with Gasteiger partial charge >= 0.3 is 0 Å². The lowest BCUT2D eigenvalue weighted by molar-refractivity contribution is 0.204. The Hall–Kier alpha value is -0.930. The van der Waals surface area contributed by atoms with Crippen molar-refractivity contribution in [1.29, 1.82) is 0 Å². The number of benzene rings is 1. The molecule has 0 aliphatic heterocycles. The van der Waals surface area contributed by atoms with E-state index in [4.69, 9.17) is 28.6 Å². The van der Waals surface area contributed by atoms with E-state index in [1.165, 1.54) is 26.2 Å². The molecule has 0 bridgehead atoms. The Morgan fingerprint density at radius 1 is 1.43 bits per heavy atom. The summed E-state index contributed by atoms with van der Waals surface area (Å²) in [4.78, 5) is 0.0267. The largest absolute Gasteiger partial charge is 0.383 e. The van der Waals surface area contributed by atoms with Gasteiger partial charge in [0.2, 0.25) is 10.0 Å². The molecule has 0 unspecified atom stereocenters. The third kappa shape index (κ3) is 5.08. The van der Waals surface area contributed by atoms with Gasteiger partial charge in [-0.2, -0.15) is 0 Å². The molecule has 1 aromatic rings. The maximum Gasteiger partial charge on any atom is 0.244 e. The van der Waals surface area contributed by atoms with Crippen LogP contribution in [-0.2, 0) is 14.8 Å². The van der Waals surface area contributed by atoms with Gasteiger partial charge < -0.3 is 15.4 Å². The van der Waals surface area contributed by atoms with Crippen LogP contribution < -0.4 is 10.6 Å². The van der Waals surface area contributed by atoms with Crippen molar-refractivity contribution in [2.24, 2.45) is 0 Å². The third-order valence-corrected chi connectivity index (χ3v) is 5.08. The van der Waals surface area contributed by atoms with Crippen LogP contribution in [0.3, 0.4) is 0 Å². The number of hydrogen-bond donors (Lipinski definition) is 2. The summed E-state index contributed by atoms with van der Waals surface area (Å²) in [7, 11) is 0.878. The lowest BCUT2D eigenvalue weighted by Gasteiger charge is -2.15. The average molecular weight is 352 g/mol. The minimum atomic E-state index is -3.61. The van der Waals surface area contributed by atoms with Crippen LogP contribution in [0.25, 0.3) is 0 Å². The summed E-state index contributed by atoms with van der Waals surface area (Å²) in [6.45, 7) is 1.07. The first-order valence-electron chi connectivity index (χ1n) is 6.05. The van der Waals surface area contributed by atoms with Crippen molar-refractivity contribution in [2.75, 3.05) is 39.7 Å². The highest BCUT2D eigenvalue weighted by molar-refractivity contribution is 7.89. The van der Waals surface area contributed by atoms with E-state index in [1.54, 1.807) is 13.2 Å². The van der Waals surface area contributed by atoms with Crippen molar-refractivity contribution in [1.82, 2.24) is 9.62 Å². The normalized spacial score (nSPS) is 11.5. The second-order valence-electron chi connectivity index (χ2n) is 4.31.